The summed E-state index contributed by atoms with van der Waals surface area (Å²) in [7, 11) is 0. The number of anilines is 1. The normalized spacial score (nSPS) is 12.0. The van der Waals surface area contributed by atoms with Crippen molar-refractivity contribution in [2.75, 3.05) is 18.1 Å². The summed E-state index contributed by atoms with van der Waals surface area (Å²) >= 11 is 3.61. The molecular weight excluding hydrogens is 262 g/mol. The first kappa shape index (κ1) is 13.6. The summed E-state index contributed by atoms with van der Waals surface area (Å²) in [6.07, 6.45) is 4.83. The quantitative estimate of drug-likeness (QED) is 0.904. The van der Waals surface area contributed by atoms with Crippen molar-refractivity contribution in [2.45, 2.75) is 31.9 Å². The number of hydrogen-bond donors (Lipinski definition) is 1. The predicted molar refractivity (Wildman–Crippen MR) is 82.9 cm³/mol. The lowest BCUT2D eigenvalue weighted by Crippen LogP contribution is -2.26. The zero-order valence-corrected chi connectivity index (χ0v) is 12.9. The number of nitrogens with zero attached hydrogens (tertiary/aromatic N) is 2. The summed E-state index contributed by atoms with van der Waals surface area (Å²) < 4.78 is 0.209. The van der Waals surface area contributed by atoms with Gasteiger partial charge in [-0.25, -0.2) is 9.97 Å². The molecule has 18 heavy (non-hydrogen) atoms. The number of thioether (sulfide) groups is 1. The number of aryl methyl sites for hydroxylation is 1. The van der Waals surface area contributed by atoms with Crippen molar-refractivity contribution < 1.29 is 0 Å². The van der Waals surface area contributed by atoms with Crippen molar-refractivity contribution in [3.63, 3.8) is 0 Å². The van der Waals surface area contributed by atoms with Crippen molar-refractivity contribution >= 4 is 39.1 Å². The summed E-state index contributed by atoms with van der Waals surface area (Å²) in [5.41, 5.74) is 0. The Bertz CT molecular complexity index is 534. The minimum absolute atomic E-state index is 0.209. The molecule has 0 aliphatic heterocycles. The van der Waals surface area contributed by atoms with Gasteiger partial charge in [-0.1, -0.05) is 6.92 Å². The minimum atomic E-state index is 0.209. The van der Waals surface area contributed by atoms with Crippen molar-refractivity contribution in [1.29, 1.82) is 0 Å². The Labute approximate surface area is 116 Å². The second kappa shape index (κ2) is 5.45. The molecule has 5 heteroatoms. The summed E-state index contributed by atoms with van der Waals surface area (Å²) in [6, 6.07) is 2.20. The van der Waals surface area contributed by atoms with Gasteiger partial charge in [0, 0.05) is 16.2 Å². The Balaban J connectivity index is 2.25. The van der Waals surface area contributed by atoms with Crippen molar-refractivity contribution in [3.05, 3.63) is 17.3 Å². The average Bonchev–Trinajstić information content (AvgIpc) is 2.80. The summed E-state index contributed by atoms with van der Waals surface area (Å²) in [4.78, 5) is 11.1. The van der Waals surface area contributed by atoms with Gasteiger partial charge in [0.25, 0.3) is 0 Å². The Morgan fingerprint density at radius 2 is 2.17 bits per heavy atom. The third-order valence-corrected chi connectivity index (χ3v) is 5.40. The van der Waals surface area contributed by atoms with Crippen LogP contribution < -0.4 is 5.32 Å². The molecule has 0 aliphatic carbocycles. The molecule has 0 aromatic carbocycles. The summed E-state index contributed by atoms with van der Waals surface area (Å²) in [5.74, 6) is 0.957. The number of rotatable bonds is 5. The van der Waals surface area contributed by atoms with Crippen LogP contribution in [-0.4, -0.2) is 27.5 Å². The van der Waals surface area contributed by atoms with Crippen LogP contribution >= 0.6 is 23.1 Å². The molecule has 2 rings (SSSR count). The number of fused-ring (bicyclic) bond motifs is 1. The monoisotopic (exact) mass is 281 g/mol. The maximum absolute atomic E-state index is 4.37. The highest BCUT2D eigenvalue weighted by molar-refractivity contribution is 7.99. The molecule has 0 spiro atoms. The molecule has 0 aliphatic rings. The van der Waals surface area contributed by atoms with Gasteiger partial charge in [-0.05, 0) is 32.6 Å². The number of aromatic nitrogens is 2. The van der Waals surface area contributed by atoms with E-state index < -0.39 is 0 Å². The van der Waals surface area contributed by atoms with Crippen LogP contribution in [0.2, 0.25) is 0 Å². The Morgan fingerprint density at radius 3 is 2.83 bits per heavy atom. The van der Waals surface area contributed by atoms with E-state index in [1.165, 1.54) is 4.88 Å². The van der Waals surface area contributed by atoms with Gasteiger partial charge in [-0.3, -0.25) is 0 Å². The van der Waals surface area contributed by atoms with Crippen LogP contribution in [0.15, 0.2) is 12.4 Å². The van der Waals surface area contributed by atoms with Crippen LogP contribution in [0.4, 0.5) is 5.82 Å². The zero-order valence-electron chi connectivity index (χ0n) is 11.3. The second-order valence-electron chi connectivity index (χ2n) is 4.82. The van der Waals surface area contributed by atoms with E-state index in [2.05, 4.69) is 48.4 Å². The minimum Gasteiger partial charge on any atom is -0.368 e. The van der Waals surface area contributed by atoms with E-state index in [9.17, 15) is 0 Å². The molecule has 0 radical (unpaired) electrons. The second-order valence-corrected chi connectivity index (χ2v) is 7.45. The first-order chi connectivity index (χ1) is 8.55. The molecule has 0 fully saturated rings. The van der Waals surface area contributed by atoms with E-state index in [1.807, 2.05) is 11.8 Å². The SMILES string of the molecule is CCc1cc2c(NCC(C)(C)SC)ncnc2s1. The number of thiophene rings is 1. The molecular formula is C13H19N3S2. The lowest BCUT2D eigenvalue weighted by molar-refractivity contribution is 0.750. The maximum Gasteiger partial charge on any atom is 0.138 e. The zero-order chi connectivity index (χ0) is 13.2. The first-order valence-corrected chi connectivity index (χ1v) is 8.12. The molecule has 0 saturated carbocycles. The molecule has 0 bridgehead atoms. The van der Waals surface area contributed by atoms with Crippen molar-refractivity contribution in [2.24, 2.45) is 0 Å². The predicted octanol–water partition coefficient (Wildman–Crippen LogP) is 3.81. The lowest BCUT2D eigenvalue weighted by Gasteiger charge is -2.22. The largest absolute Gasteiger partial charge is 0.368 e. The number of nitrogens with one attached hydrogen (secondary N) is 1. The van der Waals surface area contributed by atoms with E-state index >= 15 is 0 Å². The van der Waals surface area contributed by atoms with E-state index in [-0.39, 0.29) is 4.75 Å². The topological polar surface area (TPSA) is 37.8 Å². The molecule has 0 atom stereocenters. The van der Waals surface area contributed by atoms with Gasteiger partial charge in [0.05, 0.1) is 5.39 Å². The maximum atomic E-state index is 4.37. The molecule has 0 amide bonds. The summed E-state index contributed by atoms with van der Waals surface area (Å²) in [5, 5.41) is 4.60. The van der Waals surface area contributed by atoms with Crippen LogP contribution in [0.5, 0.6) is 0 Å². The first-order valence-electron chi connectivity index (χ1n) is 6.08. The van der Waals surface area contributed by atoms with Crippen LogP contribution in [0.3, 0.4) is 0 Å². The van der Waals surface area contributed by atoms with Crippen LogP contribution in [-0.2, 0) is 6.42 Å². The molecule has 0 unspecified atom stereocenters. The van der Waals surface area contributed by atoms with Crippen molar-refractivity contribution in [1.82, 2.24) is 9.97 Å². The average molecular weight is 281 g/mol. The summed E-state index contributed by atoms with van der Waals surface area (Å²) in [6.45, 7) is 7.53. The fourth-order valence-electron chi connectivity index (χ4n) is 1.59. The van der Waals surface area contributed by atoms with Gasteiger partial charge >= 0.3 is 0 Å². The van der Waals surface area contributed by atoms with E-state index in [4.69, 9.17) is 0 Å². The highest BCUT2D eigenvalue weighted by Crippen LogP contribution is 2.29. The van der Waals surface area contributed by atoms with E-state index in [1.54, 1.807) is 17.7 Å². The van der Waals surface area contributed by atoms with Gasteiger partial charge in [-0.2, -0.15) is 11.8 Å². The molecule has 2 aromatic heterocycles. The Hall–Kier alpha value is -0.810. The fourth-order valence-corrected chi connectivity index (χ4v) is 2.74. The van der Waals surface area contributed by atoms with E-state index in [0.717, 1.165) is 29.0 Å². The highest BCUT2D eigenvalue weighted by Gasteiger charge is 2.16. The van der Waals surface area contributed by atoms with Crippen LogP contribution in [0.25, 0.3) is 10.2 Å². The molecule has 98 valence electrons. The molecule has 2 heterocycles. The van der Waals surface area contributed by atoms with Gasteiger partial charge in [0.15, 0.2) is 0 Å². The molecule has 3 nitrogen and oxygen atoms in total. The van der Waals surface area contributed by atoms with E-state index in [0.29, 0.717) is 0 Å². The Morgan fingerprint density at radius 1 is 1.39 bits per heavy atom. The smallest absolute Gasteiger partial charge is 0.138 e. The van der Waals surface area contributed by atoms with Gasteiger partial charge in [0.1, 0.15) is 17.0 Å². The van der Waals surface area contributed by atoms with Crippen LogP contribution in [0.1, 0.15) is 25.6 Å². The number of hydrogen-bond acceptors (Lipinski definition) is 5. The van der Waals surface area contributed by atoms with Crippen molar-refractivity contribution in [3.8, 4) is 0 Å². The van der Waals surface area contributed by atoms with Gasteiger partial charge < -0.3 is 5.32 Å². The molecule has 0 saturated heterocycles. The van der Waals surface area contributed by atoms with Gasteiger partial charge in [0.2, 0.25) is 0 Å². The fraction of sp³-hybridized carbons (Fsp3) is 0.538. The standard InChI is InChI=1S/C13H19N3S2/c1-5-9-6-10-11(14-7-13(2,3)17-4)15-8-16-12(10)18-9/h6,8H,5,7H2,1-4H3,(H,14,15,16). The van der Waals surface area contributed by atoms with Gasteiger partial charge in [-0.15, -0.1) is 11.3 Å². The molecule has 2 aromatic rings. The highest BCUT2D eigenvalue weighted by atomic mass is 32.2. The third kappa shape index (κ3) is 2.95. The lowest BCUT2D eigenvalue weighted by atomic mass is 10.2. The molecule has 1 N–H and O–H groups in total. The third-order valence-electron chi connectivity index (χ3n) is 2.96. The van der Waals surface area contributed by atoms with Crippen LogP contribution in [0, 0.1) is 0 Å². The Kier molecular flexibility index (Phi) is 4.12.